The Bertz CT molecular complexity index is 672. The number of hydrogen-bond acceptors (Lipinski definition) is 3. The summed E-state index contributed by atoms with van der Waals surface area (Å²) < 4.78 is 14.1. The Hall–Kier alpha value is -1.92. The smallest absolute Gasteiger partial charge is 0.265 e. The van der Waals surface area contributed by atoms with Crippen LogP contribution in [0.15, 0.2) is 30.3 Å². The van der Waals surface area contributed by atoms with Gasteiger partial charge >= 0.3 is 0 Å². The average molecular weight is 313 g/mol. The molecule has 2 N–H and O–H groups in total. The lowest BCUT2D eigenvalue weighted by atomic mass is 10.2. The molecule has 0 aliphatic heterocycles. The van der Waals surface area contributed by atoms with Crippen molar-refractivity contribution in [3.8, 4) is 0 Å². The summed E-state index contributed by atoms with van der Waals surface area (Å²) in [6.07, 6.45) is 0. The van der Waals surface area contributed by atoms with Crippen LogP contribution >= 0.6 is 22.9 Å². The number of thiophene rings is 1. The van der Waals surface area contributed by atoms with Crippen molar-refractivity contribution in [2.75, 3.05) is 10.6 Å². The number of rotatable bonds is 3. The van der Waals surface area contributed by atoms with Crippen molar-refractivity contribution in [3.05, 3.63) is 45.4 Å². The van der Waals surface area contributed by atoms with E-state index in [1.807, 2.05) is 0 Å². The average Bonchev–Trinajstić information content (AvgIpc) is 2.79. The van der Waals surface area contributed by atoms with Gasteiger partial charge in [-0.1, -0.05) is 11.6 Å². The van der Waals surface area contributed by atoms with Crippen LogP contribution in [0.5, 0.6) is 0 Å². The standard InChI is InChI=1S/C13H10ClFN2O2S/c1-7(18)16-8-2-3-9(15)10(6-8)17-13(19)11-4-5-12(14)20-11/h2-6H,1H3,(H,16,18)(H,17,19). The normalized spacial score (nSPS) is 10.2. The number of nitrogens with one attached hydrogen (secondary N) is 2. The molecule has 0 aliphatic carbocycles. The predicted molar refractivity (Wildman–Crippen MR) is 78.0 cm³/mol. The maximum absolute atomic E-state index is 13.6. The fraction of sp³-hybridized carbons (Fsp3) is 0.0769. The highest BCUT2D eigenvalue weighted by Gasteiger charge is 2.12. The van der Waals surface area contributed by atoms with E-state index in [9.17, 15) is 14.0 Å². The summed E-state index contributed by atoms with van der Waals surface area (Å²) in [6.45, 7) is 1.34. The van der Waals surface area contributed by atoms with Gasteiger partial charge in [-0.05, 0) is 30.3 Å². The third-order valence-corrected chi connectivity index (χ3v) is 3.56. The number of carbonyl (C=O) groups is 2. The second-order valence-electron chi connectivity index (χ2n) is 3.93. The van der Waals surface area contributed by atoms with E-state index in [1.54, 1.807) is 12.1 Å². The molecular weight excluding hydrogens is 303 g/mol. The van der Waals surface area contributed by atoms with Gasteiger partial charge in [0.1, 0.15) is 5.82 Å². The van der Waals surface area contributed by atoms with Gasteiger partial charge in [-0.15, -0.1) is 11.3 Å². The Morgan fingerprint density at radius 1 is 1.20 bits per heavy atom. The summed E-state index contributed by atoms with van der Waals surface area (Å²) in [4.78, 5) is 23.2. The number of hydrogen-bond donors (Lipinski definition) is 2. The Morgan fingerprint density at radius 2 is 1.95 bits per heavy atom. The Kier molecular flexibility index (Phi) is 4.36. The van der Waals surface area contributed by atoms with E-state index in [0.717, 1.165) is 11.3 Å². The lowest BCUT2D eigenvalue weighted by molar-refractivity contribution is -0.114. The molecule has 0 unspecified atom stereocenters. The third kappa shape index (κ3) is 3.55. The van der Waals surface area contributed by atoms with Crippen molar-refractivity contribution in [3.63, 3.8) is 0 Å². The Morgan fingerprint density at radius 3 is 2.55 bits per heavy atom. The van der Waals surface area contributed by atoms with Crippen molar-refractivity contribution in [1.82, 2.24) is 0 Å². The fourth-order valence-corrected chi connectivity index (χ4v) is 2.46. The molecule has 104 valence electrons. The van der Waals surface area contributed by atoms with Gasteiger partial charge in [-0.25, -0.2) is 4.39 Å². The molecule has 1 heterocycles. The monoisotopic (exact) mass is 312 g/mol. The predicted octanol–water partition coefficient (Wildman–Crippen LogP) is 3.75. The maximum atomic E-state index is 13.6. The highest BCUT2D eigenvalue weighted by Crippen LogP contribution is 2.24. The summed E-state index contributed by atoms with van der Waals surface area (Å²) in [5, 5.41) is 4.95. The van der Waals surface area contributed by atoms with E-state index in [1.165, 1.54) is 25.1 Å². The molecule has 4 nitrogen and oxygen atoms in total. The van der Waals surface area contributed by atoms with E-state index in [0.29, 0.717) is 14.9 Å². The Labute approximate surface area is 123 Å². The summed E-state index contributed by atoms with van der Waals surface area (Å²) in [5.74, 6) is -1.32. The van der Waals surface area contributed by atoms with Crippen molar-refractivity contribution in [1.29, 1.82) is 0 Å². The van der Waals surface area contributed by atoms with Gasteiger partial charge in [-0.3, -0.25) is 9.59 Å². The van der Waals surface area contributed by atoms with Crippen LogP contribution in [0.2, 0.25) is 4.34 Å². The molecule has 1 aromatic heterocycles. The summed E-state index contributed by atoms with van der Waals surface area (Å²) in [6, 6.07) is 7.07. The van der Waals surface area contributed by atoms with Crippen LogP contribution in [-0.2, 0) is 4.79 Å². The number of anilines is 2. The minimum atomic E-state index is -0.588. The van der Waals surface area contributed by atoms with E-state index >= 15 is 0 Å². The molecule has 0 saturated carbocycles. The third-order valence-electron chi connectivity index (χ3n) is 2.33. The van der Waals surface area contributed by atoms with Gasteiger partial charge < -0.3 is 10.6 Å². The highest BCUT2D eigenvalue weighted by atomic mass is 35.5. The molecule has 0 spiro atoms. The van der Waals surface area contributed by atoms with Crippen LogP contribution in [-0.4, -0.2) is 11.8 Å². The molecule has 2 aromatic rings. The molecule has 0 atom stereocenters. The number of carbonyl (C=O) groups excluding carboxylic acids is 2. The van der Waals surface area contributed by atoms with Gasteiger partial charge in [0, 0.05) is 12.6 Å². The number of benzene rings is 1. The van der Waals surface area contributed by atoms with Crippen LogP contribution in [0.1, 0.15) is 16.6 Å². The molecule has 7 heteroatoms. The molecule has 0 saturated heterocycles. The fourth-order valence-electron chi connectivity index (χ4n) is 1.52. The Balaban J connectivity index is 2.19. The van der Waals surface area contributed by atoms with Crippen LogP contribution in [0.3, 0.4) is 0 Å². The zero-order valence-electron chi connectivity index (χ0n) is 10.4. The molecule has 2 rings (SSSR count). The minimum absolute atomic E-state index is 0.00854. The summed E-state index contributed by atoms with van der Waals surface area (Å²) in [7, 11) is 0. The van der Waals surface area contributed by atoms with Crippen molar-refractivity contribution < 1.29 is 14.0 Å². The largest absolute Gasteiger partial charge is 0.326 e. The first-order valence-electron chi connectivity index (χ1n) is 5.59. The van der Waals surface area contributed by atoms with Gasteiger partial charge in [0.05, 0.1) is 14.9 Å². The molecule has 0 bridgehead atoms. The van der Waals surface area contributed by atoms with Crippen LogP contribution in [0, 0.1) is 5.82 Å². The quantitative estimate of drug-likeness (QED) is 0.906. The van der Waals surface area contributed by atoms with E-state index in [4.69, 9.17) is 11.6 Å². The lowest BCUT2D eigenvalue weighted by Crippen LogP contribution is -2.12. The van der Waals surface area contributed by atoms with Gasteiger partial charge in [0.15, 0.2) is 0 Å². The lowest BCUT2D eigenvalue weighted by Gasteiger charge is -2.08. The minimum Gasteiger partial charge on any atom is -0.326 e. The van der Waals surface area contributed by atoms with Gasteiger partial charge in [-0.2, -0.15) is 0 Å². The van der Waals surface area contributed by atoms with Crippen LogP contribution < -0.4 is 10.6 Å². The van der Waals surface area contributed by atoms with Crippen molar-refractivity contribution in [2.24, 2.45) is 0 Å². The zero-order chi connectivity index (χ0) is 14.7. The molecular formula is C13H10ClFN2O2S. The van der Waals surface area contributed by atoms with E-state index in [2.05, 4.69) is 10.6 Å². The van der Waals surface area contributed by atoms with Gasteiger partial charge in [0.2, 0.25) is 5.91 Å². The zero-order valence-corrected chi connectivity index (χ0v) is 11.9. The molecule has 0 fully saturated rings. The molecule has 1 aromatic carbocycles. The number of amides is 2. The first-order valence-corrected chi connectivity index (χ1v) is 6.79. The van der Waals surface area contributed by atoms with Gasteiger partial charge in [0.25, 0.3) is 5.91 Å². The van der Waals surface area contributed by atoms with Crippen LogP contribution in [0.25, 0.3) is 0 Å². The topological polar surface area (TPSA) is 58.2 Å². The summed E-state index contributed by atoms with van der Waals surface area (Å²) >= 11 is 6.84. The molecule has 0 radical (unpaired) electrons. The summed E-state index contributed by atoms with van der Waals surface area (Å²) in [5.41, 5.74) is 0.393. The first kappa shape index (κ1) is 14.5. The molecule has 20 heavy (non-hydrogen) atoms. The SMILES string of the molecule is CC(=O)Nc1ccc(F)c(NC(=O)c2ccc(Cl)s2)c1. The maximum Gasteiger partial charge on any atom is 0.265 e. The van der Waals surface area contributed by atoms with E-state index < -0.39 is 11.7 Å². The second-order valence-corrected chi connectivity index (χ2v) is 5.65. The molecule has 0 aliphatic rings. The van der Waals surface area contributed by atoms with E-state index in [-0.39, 0.29) is 11.6 Å². The van der Waals surface area contributed by atoms with Crippen molar-refractivity contribution in [2.45, 2.75) is 6.92 Å². The first-order chi connectivity index (χ1) is 9.45. The highest BCUT2D eigenvalue weighted by molar-refractivity contribution is 7.18. The van der Waals surface area contributed by atoms with Crippen molar-refractivity contribution >= 4 is 46.1 Å². The second kappa shape index (κ2) is 6.02. The molecule has 2 amide bonds. The number of halogens is 2. The van der Waals surface area contributed by atoms with Crippen LogP contribution in [0.4, 0.5) is 15.8 Å².